The second-order valence-corrected chi connectivity index (χ2v) is 10.2. The number of nitrogens with zero attached hydrogens (tertiary/aromatic N) is 1. The van der Waals surface area contributed by atoms with E-state index in [1.807, 2.05) is 18.2 Å². The van der Waals surface area contributed by atoms with E-state index in [1.165, 1.54) is 23.6 Å². The molecule has 0 amide bonds. The molecule has 0 aliphatic rings. The Balaban J connectivity index is 1.83. The average molecular weight is 448 g/mol. The largest absolute Gasteiger partial charge is 0.418 e. The maximum absolute atomic E-state index is 13.4. The Bertz CT molecular complexity index is 1340. The summed E-state index contributed by atoms with van der Waals surface area (Å²) in [7, 11) is -3.29. The standard InChI is InChI=1S/C22H16F3NO2S2/c1-2-30(27,28)20-10-9-19(29-20)15-6-3-5-14(13-15)16-11-12-26-21-17(16)7-4-8-18(21)22(23,24)25/h3-13H,2H2,1H3. The summed E-state index contributed by atoms with van der Waals surface area (Å²) in [6.45, 7) is 1.60. The SMILES string of the molecule is CCS(=O)(=O)c1ccc(-c2cccc(-c3ccnc4c(C(F)(F)F)cccc34)c2)s1. The van der Waals surface area contributed by atoms with Crippen molar-refractivity contribution in [3.8, 4) is 21.6 Å². The fourth-order valence-corrected chi connectivity index (χ4v) is 5.71. The number of sulfone groups is 1. The second kappa shape index (κ2) is 7.52. The molecule has 0 N–H and O–H groups in total. The van der Waals surface area contributed by atoms with Crippen LogP contribution in [0.15, 0.2) is 71.1 Å². The zero-order chi connectivity index (χ0) is 21.5. The van der Waals surface area contributed by atoms with E-state index >= 15 is 0 Å². The lowest BCUT2D eigenvalue weighted by Gasteiger charge is -2.12. The van der Waals surface area contributed by atoms with Crippen molar-refractivity contribution < 1.29 is 21.6 Å². The third-order valence-corrected chi connectivity index (χ3v) is 8.25. The van der Waals surface area contributed by atoms with Gasteiger partial charge in [-0.3, -0.25) is 4.98 Å². The van der Waals surface area contributed by atoms with E-state index in [2.05, 4.69) is 4.98 Å². The van der Waals surface area contributed by atoms with Crippen molar-refractivity contribution in [2.75, 3.05) is 5.75 Å². The van der Waals surface area contributed by atoms with Crippen molar-refractivity contribution >= 4 is 32.1 Å². The van der Waals surface area contributed by atoms with Crippen LogP contribution in [0.3, 0.4) is 0 Å². The summed E-state index contributed by atoms with van der Waals surface area (Å²) in [5.74, 6) is 0.0253. The zero-order valence-electron chi connectivity index (χ0n) is 15.8. The first-order chi connectivity index (χ1) is 14.2. The number of thiophene rings is 1. The van der Waals surface area contributed by atoms with Gasteiger partial charge in [-0.05, 0) is 47.0 Å². The van der Waals surface area contributed by atoms with Gasteiger partial charge < -0.3 is 0 Å². The molecule has 2 aromatic heterocycles. The topological polar surface area (TPSA) is 47.0 Å². The summed E-state index contributed by atoms with van der Waals surface area (Å²) >= 11 is 1.18. The van der Waals surface area contributed by atoms with Crippen LogP contribution in [-0.2, 0) is 16.0 Å². The quantitative estimate of drug-likeness (QED) is 0.362. The molecule has 0 saturated heterocycles. The van der Waals surface area contributed by atoms with Crippen molar-refractivity contribution in [3.05, 3.63) is 72.4 Å². The Hall–Kier alpha value is -2.71. The van der Waals surface area contributed by atoms with Crippen LogP contribution in [0.2, 0.25) is 0 Å². The van der Waals surface area contributed by atoms with Gasteiger partial charge in [-0.25, -0.2) is 8.42 Å². The van der Waals surface area contributed by atoms with Crippen LogP contribution in [0.25, 0.3) is 32.5 Å². The minimum absolute atomic E-state index is 0.0253. The fraction of sp³-hybridized carbons (Fsp3) is 0.136. The Morgan fingerprint density at radius 3 is 2.43 bits per heavy atom. The molecular weight excluding hydrogens is 431 g/mol. The number of hydrogen-bond donors (Lipinski definition) is 0. The molecule has 0 unspecified atom stereocenters. The third kappa shape index (κ3) is 3.73. The molecule has 4 rings (SSSR count). The molecule has 0 spiro atoms. The van der Waals surface area contributed by atoms with Crippen LogP contribution in [0.4, 0.5) is 13.2 Å². The Morgan fingerprint density at radius 2 is 1.70 bits per heavy atom. The summed E-state index contributed by atoms with van der Waals surface area (Å²) in [5, 5.41) is 0.407. The molecule has 2 heterocycles. The molecule has 8 heteroatoms. The van der Waals surface area contributed by atoms with E-state index in [9.17, 15) is 21.6 Å². The van der Waals surface area contributed by atoms with Gasteiger partial charge in [0.15, 0.2) is 9.84 Å². The van der Waals surface area contributed by atoms with E-state index in [0.717, 1.165) is 22.1 Å². The van der Waals surface area contributed by atoms with E-state index in [4.69, 9.17) is 0 Å². The number of pyridine rings is 1. The highest BCUT2D eigenvalue weighted by Crippen LogP contribution is 2.38. The predicted octanol–water partition coefficient (Wildman–Crippen LogP) is 6.44. The van der Waals surface area contributed by atoms with Crippen LogP contribution in [0.1, 0.15) is 12.5 Å². The van der Waals surface area contributed by atoms with Crippen LogP contribution in [-0.4, -0.2) is 19.2 Å². The Morgan fingerprint density at radius 1 is 0.967 bits per heavy atom. The van der Waals surface area contributed by atoms with Crippen molar-refractivity contribution in [3.63, 3.8) is 0 Å². The highest BCUT2D eigenvalue weighted by molar-refractivity contribution is 7.93. The number of alkyl halides is 3. The molecule has 0 saturated carbocycles. The number of rotatable bonds is 4. The van der Waals surface area contributed by atoms with Gasteiger partial charge in [0.05, 0.1) is 16.8 Å². The van der Waals surface area contributed by atoms with E-state index < -0.39 is 21.6 Å². The molecular formula is C22H16F3NO2S2. The molecule has 0 bridgehead atoms. The Labute approximate surface area is 175 Å². The normalized spacial score (nSPS) is 12.4. The molecule has 30 heavy (non-hydrogen) atoms. The molecule has 0 fully saturated rings. The smallest absolute Gasteiger partial charge is 0.256 e. The first kappa shape index (κ1) is 20.6. The average Bonchev–Trinajstić information content (AvgIpc) is 3.23. The molecule has 4 aromatic rings. The molecule has 0 atom stereocenters. The second-order valence-electron chi connectivity index (χ2n) is 6.66. The molecule has 2 aromatic carbocycles. The minimum Gasteiger partial charge on any atom is -0.256 e. The summed E-state index contributed by atoms with van der Waals surface area (Å²) in [6.07, 6.45) is -3.12. The summed E-state index contributed by atoms with van der Waals surface area (Å²) in [5.41, 5.74) is 1.29. The maximum Gasteiger partial charge on any atom is 0.418 e. The van der Waals surface area contributed by atoms with E-state index in [0.29, 0.717) is 15.2 Å². The molecule has 0 aliphatic heterocycles. The Kier molecular flexibility index (Phi) is 5.15. The van der Waals surface area contributed by atoms with Gasteiger partial charge in [0, 0.05) is 16.5 Å². The summed E-state index contributed by atoms with van der Waals surface area (Å²) in [6, 6.07) is 16.4. The van der Waals surface area contributed by atoms with Crippen molar-refractivity contribution in [1.29, 1.82) is 0 Å². The predicted molar refractivity (Wildman–Crippen MR) is 113 cm³/mol. The number of hydrogen-bond acceptors (Lipinski definition) is 4. The van der Waals surface area contributed by atoms with Gasteiger partial charge in [-0.1, -0.05) is 37.3 Å². The maximum atomic E-state index is 13.4. The van der Waals surface area contributed by atoms with Crippen LogP contribution >= 0.6 is 11.3 Å². The molecule has 0 aliphatic carbocycles. The molecule has 154 valence electrons. The number of benzene rings is 2. The highest BCUT2D eigenvalue weighted by atomic mass is 32.2. The lowest BCUT2D eigenvalue weighted by Crippen LogP contribution is -2.06. The van der Waals surface area contributed by atoms with Crippen molar-refractivity contribution in [2.45, 2.75) is 17.3 Å². The van der Waals surface area contributed by atoms with Crippen LogP contribution in [0.5, 0.6) is 0 Å². The lowest BCUT2D eigenvalue weighted by atomic mass is 9.97. The lowest BCUT2D eigenvalue weighted by molar-refractivity contribution is -0.136. The van der Waals surface area contributed by atoms with Gasteiger partial charge in [-0.15, -0.1) is 11.3 Å². The number of halogens is 3. The number of fused-ring (bicyclic) bond motifs is 1. The number of para-hydroxylation sites is 1. The molecule has 3 nitrogen and oxygen atoms in total. The first-order valence-electron chi connectivity index (χ1n) is 9.09. The van der Waals surface area contributed by atoms with Gasteiger partial charge >= 0.3 is 6.18 Å². The fourth-order valence-electron chi connectivity index (χ4n) is 3.28. The van der Waals surface area contributed by atoms with Gasteiger partial charge in [-0.2, -0.15) is 13.2 Å². The zero-order valence-corrected chi connectivity index (χ0v) is 17.4. The highest BCUT2D eigenvalue weighted by Gasteiger charge is 2.33. The van der Waals surface area contributed by atoms with Gasteiger partial charge in [0.1, 0.15) is 4.21 Å². The third-order valence-electron chi connectivity index (χ3n) is 4.80. The van der Waals surface area contributed by atoms with E-state index in [-0.39, 0.29) is 11.3 Å². The van der Waals surface area contributed by atoms with Gasteiger partial charge in [0.2, 0.25) is 0 Å². The van der Waals surface area contributed by atoms with Crippen molar-refractivity contribution in [2.24, 2.45) is 0 Å². The summed E-state index contributed by atoms with van der Waals surface area (Å²) < 4.78 is 64.6. The first-order valence-corrected chi connectivity index (χ1v) is 11.6. The molecule has 0 radical (unpaired) electrons. The van der Waals surface area contributed by atoms with Crippen LogP contribution < -0.4 is 0 Å². The number of aromatic nitrogens is 1. The summed E-state index contributed by atoms with van der Waals surface area (Å²) in [4.78, 5) is 4.75. The minimum atomic E-state index is -4.49. The van der Waals surface area contributed by atoms with Gasteiger partial charge in [0.25, 0.3) is 0 Å². The van der Waals surface area contributed by atoms with Crippen molar-refractivity contribution in [1.82, 2.24) is 4.98 Å². The van der Waals surface area contributed by atoms with E-state index in [1.54, 1.807) is 37.3 Å². The monoisotopic (exact) mass is 447 g/mol. The van der Waals surface area contributed by atoms with Crippen LogP contribution in [0, 0.1) is 0 Å².